The molecular weight excluding hydrogens is 552 g/mol. The van der Waals surface area contributed by atoms with Gasteiger partial charge in [0.05, 0.1) is 0 Å². The summed E-state index contributed by atoms with van der Waals surface area (Å²) in [4.78, 5) is 33.6. The summed E-state index contributed by atoms with van der Waals surface area (Å²) in [5, 5.41) is 7.24. The molecule has 0 amide bonds. The molecule has 2 unspecified atom stereocenters. The fraction of sp³-hybridized carbons (Fsp3) is 0.667. The molecule has 4 rings (SSSR count). The molecule has 0 aliphatic heterocycles. The standard InChI is InChI=1S/C36H54N4O4/c1-23(2)33(41)13-9-27-11-15-36(37-21-27)44-32-19-30(20-32)40-26(6)8-7-25(5)34(42)14-10-28-12-16-35(38-22-28)43-31-17-29(18-31)39-24(3)4/h11-12,15-16,21-26,29-32,39-40H,7-10,13-14,17-20H2,1-6H3. The fourth-order valence-electron chi connectivity index (χ4n) is 5.88. The van der Waals surface area contributed by atoms with E-state index in [-0.39, 0.29) is 29.8 Å². The minimum Gasteiger partial charge on any atom is -0.474 e. The Hall–Kier alpha value is -2.84. The third-order valence-electron chi connectivity index (χ3n) is 9.00. The van der Waals surface area contributed by atoms with Crippen LogP contribution in [0.25, 0.3) is 0 Å². The van der Waals surface area contributed by atoms with Crippen molar-refractivity contribution in [3.8, 4) is 11.8 Å². The van der Waals surface area contributed by atoms with E-state index < -0.39 is 0 Å². The highest BCUT2D eigenvalue weighted by Crippen LogP contribution is 2.27. The zero-order valence-corrected chi connectivity index (χ0v) is 27.7. The van der Waals surface area contributed by atoms with E-state index in [0.717, 1.165) is 56.1 Å². The number of ether oxygens (including phenoxy) is 2. The minimum atomic E-state index is 0.0517. The van der Waals surface area contributed by atoms with Gasteiger partial charge in [0, 0.05) is 73.4 Å². The van der Waals surface area contributed by atoms with Crippen LogP contribution in [-0.2, 0) is 22.4 Å². The quantitative estimate of drug-likeness (QED) is 0.199. The summed E-state index contributed by atoms with van der Waals surface area (Å²) in [6.07, 6.45) is 12.4. The summed E-state index contributed by atoms with van der Waals surface area (Å²) < 4.78 is 12.0. The topological polar surface area (TPSA) is 102 Å². The van der Waals surface area contributed by atoms with Crippen LogP contribution in [0.1, 0.15) is 104 Å². The van der Waals surface area contributed by atoms with Gasteiger partial charge in [0.25, 0.3) is 0 Å². The van der Waals surface area contributed by atoms with Gasteiger partial charge in [0.2, 0.25) is 11.8 Å². The number of ketones is 2. The maximum atomic E-state index is 12.8. The molecule has 2 aromatic heterocycles. The monoisotopic (exact) mass is 606 g/mol. The number of hydrogen-bond donors (Lipinski definition) is 2. The Labute approximate surface area is 264 Å². The van der Waals surface area contributed by atoms with Crippen LogP contribution < -0.4 is 20.1 Å². The maximum Gasteiger partial charge on any atom is 0.213 e. The van der Waals surface area contributed by atoms with Crippen molar-refractivity contribution in [2.24, 2.45) is 11.8 Å². The molecule has 8 heteroatoms. The Kier molecular flexibility index (Phi) is 12.7. The number of aryl methyl sites for hydroxylation is 2. The minimum absolute atomic E-state index is 0.0517. The highest BCUT2D eigenvalue weighted by molar-refractivity contribution is 5.81. The molecule has 2 saturated carbocycles. The Morgan fingerprint density at radius 2 is 1.23 bits per heavy atom. The summed E-state index contributed by atoms with van der Waals surface area (Å²) >= 11 is 0. The number of hydrogen-bond acceptors (Lipinski definition) is 8. The van der Waals surface area contributed by atoms with E-state index in [4.69, 9.17) is 9.47 Å². The lowest BCUT2D eigenvalue weighted by molar-refractivity contribution is -0.123. The molecule has 0 bridgehead atoms. The normalized spacial score (nSPS) is 22.6. The van der Waals surface area contributed by atoms with Gasteiger partial charge in [-0.3, -0.25) is 9.59 Å². The van der Waals surface area contributed by atoms with E-state index >= 15 is 0 Å². The second-order valence-corrected chi connectivity index (χ2v) is 13.8. The first-order chi connectivity index (χ1) is 21.0. The van der Waals surface area contributed by atoms with Crippen LogP contribution in [0.5, 0.6) is 11.8 Å². The fourth-order valence-corrected chi connectivity index (χ4v) is 5.88. The van der Waals surface area contributed by atoms with Crippen molar-refractivity contribution >= 4 is 11.6 Å². The molecule has 0 spiro atoms. The number of pyridine rings is 2. The van der Waals surface area contributed by atoms with Crippen LogP contribution in [0.2, 0.25) is 0 Å². The predicted octanol–water partition coefficient (Wildman–Crippen LogP) is 6.05. The second kappa shape index (κ2) is 16.5. The van der Waals surface area contributed by atoms with Gasteiger partial charge >= 0.3 is 0 Å². The highest BCUT2D eigenvalue weighted by atomic mass is 16.5. The van der Waals surface area contributed by atoms with Crippen molar-refractivity contribution in [2.75, 3.05) is 0 Å². The molecule has 8 nitrogen and oxygen atoms in total. The summed E-state index contributed by atoms with van der Waals surface area (Å²) in [6.45, 7) is 12.5. The first-order valence-corrected chi connectivity index (χ1v) is 16.8. The van der Waals surface area contributed by atoms with Gasteiger partial charge in [-0.05, 0) is 69.4 Å². The summed E-state index contributed by atoms with van der Waals surface area (Å²) in [5.41, 5.74) is 2.14. The molecular formula is C36H54N4O4. The Bertz CT molecular complexity index is 1170. The second-order valence-electron chi connectivity index (χ2n) is 13.8. The summed E-state index contributed by atoms with van der Waals surface area (Å²) in [5.74, 6) is 2.05. The smallest absolute Gasteiger partial charge is 0.213 e. The van der Waals surface area contributed by atoms with Crippen LogP contribution >= 0.6 is 0 Å². The highest BCUT2D eigenvalue weighted by Gasteiger charge is 2.32. The third kappa shape index (κ3) is 11.0. The number of aromatic nitrogens is 2. The SMILES string of the molecule is CC(C)NC1CC(Oc2ccc(CCC(=O)C(C)CCC(C)NC3CC(Oc4ccc(CCC(=O)C(C)C)cn4)C3)cn2)C1. The van der Waals surface area contributed by atoms with Gasteiger partial charge in [0.15, 0.2) is 0 Å². The van der Waals surface area contributed by atoms with Crippen molar-refractivity contribution in [1.29, 1.82) is 0 Å². The molecule has 44 heavy (non-hydrogen) atoms. The van der Waals surface area contributed by atoms with E-state index in [0.29, 0.717) is 61.0 Å². The molecule has 242 valence electrons. The predicted molar refractivity (Wildman–Crippen MR) is 174 cm³/mol. The van der Waals surface area contributed by atoms with Crippen molar-refractivity contribution in [3.05, 3.63) is 47.8 Å². The lowest BCUT2D eigenvalue weighted by Crippen LogP contribution is -2.49. The Morgan fingerprint density at radius 3 is 1.68 bits per heavy atom. The van der Waals surface area contributed by atoms with Gasteiger partial charge < -0.3 is 20.1 Å². The van der Waals surface area contributed by atoms with Crippen LogP contribution in [0.3, 0.4) is 0 Å². The Morgan fingerprint density at radius 1 is 0.727 bits per heavy atom. The molecule has 2 N–H and O–H groups in total. The van der Waals surface area contributed by atoms with Gasteiger partial charge in [0.1, 0.15) is 23.8 Å². The van der Waals surface area contributed by atoms with Crippen molar-refractivity contribution in [3.63, 3.8) is 0 Å². The lowest BCUT2D eigenvalue weighted by atomic mass is 9.88. The molecule has 2 atom stereocenters. The zero-order valence-electron chi connectivity index (χ0n) is 27.7. The van der Waals surface area contributed by atoms with Gasteiger partial charge in [-0.15, -0.1) is 0 Å². The average Bonchev–Trinajstić information content (AvgIpc) is 2.96. The van der Waals surface area contributed by atoms with Gasteiger partial charge in [-0.2, -0.15) is 0 Å². The average molecular weight is 607 g/mol. The number of rotatable bonds is 19. The summed E-state index contributed by atoms with van der Waals surface area (Å²) in [7, 11) is 0. The van der Waals surface area contributed by atoms with Crippen LogP contribution in [0, 0.1) is 11.8 Å². The summed E-state index contributed by atoms with van der Waals surface area (Å²) in [6, 6.07) is 9.72. The molecule has 0 saturated heterocycles. The van der Waals surface area contributed by atoms with Crippen LogP contribution in [0.15, 0.2) is 36.7 Å². The number of carbonyl (C=O) groups is 2. The molecule has 0 aromatic carbocycles. The lowest BCUT2D eigenvalue weighted by Gasteiger charge is -2.37. The van der Waals surface area contributed by atoms with E-state index in [2.05, 4.69) is 48.3 Å². The molecule has 0 radical (unpaired) electrons. The third-order valence-corrected chi connectivity index (χ3v) is 9.00. The number of carbonyl (C=O) groups excluding carboxylic acids is 2. The van der Waals surface area contributed by atoms with E-state index in [1.165, 1.54) is 0 Å². The van der Waals surface area contributed by atoms with Crippen LogP contribution in [0.4, 0.5) is 0 Å². The molecule has 2 aliphatic rings. The van der Waals surface area contributed by atoms with Crippen molar-refractivity contribution < 1.29 is 19.1 Å². The van der Waals surface area contributed by atoms with Crippen molar-refractivity contribution in [1.82, 2.24) is 20.6 Å². The van der Waals surface area contributed by atoms with E-state index in [1.807, 2.05) is 50.5 Å². The molecule has 2 fully saturated rings. The van der Waals surface area contributed by atoms with Crippen LogP contribution in [-0.4, -0.2) is 57.9 Å². The van der Waals surface area contributed by atoms with Crippen molar-refractivity contribution in [2.45, 2.75) is 142 Å². The molecule has 2 aromatic rings. The molecule has 2 heterocycles. The number of nitrogens with one attached hydrogen (secondary N) is 2. The first-order valence-electron chi connectivity index (χ1n) is 16.8. The van der Waals surface area contributed by atoms with Gasteiger partial charge in [-0.25, -0.2) is 9.97 Å². The van der Waals surface area contributed by atoms with E-state index in [1.54, 1.807) is 0 Å². The van der Waals surface area contributed by atoms with Gasteiger partial charge in [-0.1, -0.05) is 46.8 Å². The number of nitrogens with zero attached hydrogens (tertiary/aromatic N) is 2. The Balaban J connectivity index is 1.05. The number of Topliss-reactive ketones (excluding diaryl/α,β-unsaturated/α-hetero) is 2. The zero-order chi connectivity index (χ0) is 31.6. The molecule has 2 aliphatic carbocycles. The maximum absolute atomic E-state index is 12.8. The first kappa shape index (κ1) is 34.0. The van der Waals surface area contributed by atoms with E-state index in [9.17, 15) is 9.59 Å². The largest absolute Gasteiger partial charge is 0.474 e.